The predicted molar refractivity (Wildman–Crippen MR) is 64.5 cm³/mol. The van der Waals surface area contributed by atoms with E-state index >= 15 is 0 Å². The number of nitrogens with two attached hydrogens (primary N) is 1. The highest BCUT2D eigenvalue weighted by Crippen LogP contribution is 2.15. The van der Waals surface area contributed by atoms with Crippen molar-refractivity contribution in [2.24, 2.45) is 5.73 Å². The van der Waals surface area contributed by atoms with Crippen molar-refractivity contribution in [1.29, 1.82) is 0 Å². The van der Waals surface area contributed by atoms with E-state index in [0.717, 1.165) is 25.1 Å². The number of hydrogen-bond acceptors (Lipinski definition) is 4. The molecule has 0 radical (unpaired) electrons. The van der Waals surface area contributed by atoms with Gasteiger partial charge in [-0.3, -0.25) is 10.1 Å². The van der Waals surface area contributed by atoms with Crippen LogP contribution in [0.1, 0.15) is 19.8 Å². The molecule has 16 heavy (non-hydrogen) atoms. The van der Waals surface area contributed by atoms with Gasteiger partial charge in [-0.1, -0.05) is 6.92 Å². The molecular formula is C11H17N3O2. The number of rotatable bonds is 6. The molecule has 0 amide bonds. The van der Waals surface area contributed by atoms with Gasteiger partial charge >= 0.3 is 0 Å². The standard InChI is InChI=1S/C11H17N3O2/c1-2-9(12)7-8-13-10-3-5-11(6-4-10)14(15)16/h3-6,9,13H,2,7-8,12H2,1H3. The van der Waals surface area contributed by atoms with Crippen LogP contribution in [0.3, 0.4) is 0 Å². The lowest BCUT2D eigenvalue weighted by Crippen LogP contribution is -2.22. The fraction of sp³-hybridized carbons (Fsp3) is 0.455. The first-order valence-corrected chi connectivity index (χ1v) is 5.37. The Kier molecular flexibility index (Phi) is 4.72. The fourth-order valence-corrected chi connectivity index (χ4v) is 1.31. The third-order valence-corrected chi connectivity index (χ3v) is 2.45. The minimum atomic E-state index is -0.406. The van der Waals surface area contributed by atoms with Crippen molar-refractivity contribution >= 4 is 11.4 Å². The molecule has 0 aromatic heterocycles. The monoisotopic (exact) mass is 223 g/mol. The van der Waals surface area contributed by atoms with Crippen molar-refractivity contribution in [2.45, 2.75) is 25.8 Å². The highest BCUT2D eigenvalue weighted by Gasteiger charge is 2.03. The van der Waals surface area contributed by atoms with E-state index in [2.05, 4.69) is 12.2 Å². The van der Waals surface area contributed by atoms with Gasteiger partial charge in [-0.2, -0.15) is 0 Å². The minimum Gasteiger partial charge on any atom is -0.385 e. The molecule has 0 bridgehead atoms. The number of non-ortho nitro benzene ring substituents is 1. The summed E-state index contributed by atoms with van der Waals surface area (Å²) in [6.07, 6.45) is 1.86. The summed E-state index contributed by atoms with van der Waals surface area (Å²) >= 11 is 0. The van der Waals surface area contributed by atoms with Crippen LogP contribution in [0.4, 0.5) is 11.4 Å². The molecule has 1 aromatic carbocycles. The van der Waals surface area contributed by atoms with Gasteiger partial charge in [-0.25, -0.2) is 0 Å². The molecule has 0 fully saturated rings. The van der Waals surface area contributed by atoms with Gasteiger partial charge in [-0.15, -0.1) is 0 Å². The molecule has 3 N–H and O–H groups in total. The lowest BCUT2D eigenvalue weighted by atomic mass is 10.2. The lowest BCUT2D eigenvalue weighted by molar-refractivity contribution is -0.384. The van der Waals surface area contributed by atoms with Gasteiger partial charge in [0.1, 0.15) is 0 Å². The zero-order valence-corrected chi connectivity index (χ0v) is 9.35. The maximum Gasteiger partial charge on any atom is 0.269 e. The van der Waals surface area contributed by atoms with Crippen molar-refractivity contribution in [3.63, 3.8) is 0 Å². The Morgan fingerprint density at radius 3 is 2.56 bits per heavy atom. The third kappa shape index (κ3) is 3.86. The molecule has 5 heteroatoms. The summed E-state index contributed by atoms with van der Waals surface area (Å²) in [5.74, 6) is 0. The van der Waals surface area contributed by atoms with Gasteiger partial charge in [0.2, 0.25) is 0 Å². The summed E-state index contributed by atoms with van der Waals surface area (Å²) in [6, 6.07) is 6.60. The van der Waals surface area contributed by atoms with Crippen LogP contribution in [0.15, 0.2) is 24.3 Å². The van der Waals surface area contributed by atoms with Crippen LogP contribution < -0.4 is 11.1 Å². The smallest absolute Gasteiger partial charge is 0.269 e. The molecule has 0 saturated heterocycles. The number of benzene rings is 1. The average Bonchev–Trinajstić information content (AvgIpc) is 2.29. The summed E-state index contributed by atoms with van der Waals surface area (Å²) in [5, 5.41) is 13.6. The zero-order valence-electron chi connectivity index (χ0n) is 9.35. The maximum atomic E-state index is 10.4. The van der Waals surface area contributed by atoms with Gasteiger partial charge in [0.05, 0.1) is 4.92 Å². The molecule has 0 heterocycles. The Morgan fingerprint density at radius 2 is 2.06 bits per heavy atom. The molecule has 1 atom stereocenters. The van der Waals surface area contributed by atoms with Gasteiger partial charge in [-0.05, 0) is 25.0 Å². The Bertz CT molecular complexity index is 338. The molecule has 0 aliphatic rings. The Labute approximate surface area is 94.8 Å². The quantitative estimate of drug-likeness (QED) is 0.571. The van der Waals surface area contributed by atoms with Crippen molar-refractivity contribution in [3.05, 3.63) is 34.4 Å². The van der Waals surface area contributed by atoms with Crippen LogP contribution in [-0.2, 0) is 0 Å². The van der Waals surface area contributed by atoms with E-state index in [-0.39, 0.29) is 11.7 Å². The number of nitrogens with one attached hydrogen (secondary N) is 1. The Hall–Kier alpha value is -1.62. The third-order valence-electron chi connectivity index (χ3n) is 2.45. The zero-order chi connectivity index (χ0) is 12.0. The number of hydrogen-bond donors (Lipinski definition) is 2. The normalized spacial score (nSPS) is 12.1. The highest BCUT2D eigenvalue weighted by molar-refractivity contribution is 5.48. The van der Waals surface area contributed by atoms with Crippen molar-refractivity contribution in [3.8, 4) is 0 Å². The van der Waals surface area contributed by atoms with Gasteiger partial charge in [0, 0.05) is 30.4 Å². The van der Waals surface area contributed by atoms with E-state index in [1.807, 2.05) is 0 Å². The highest BCUT2D eigenvalue weighted by atomic mass is 16.6. The maximum absolute atomic E-state index is 10.4. The molecular weight excluding hydrogens is 206 g/mol. The van der Waals surface area contributed by atoms with Crippen molar-refractivity contribution in [1.82, 2.24) is 0 Å². The van der Waals surface area contributed by atoms with Crippen LogP contribution in [0.25, 0.3) is 0 Å². The molecule has 0 aliphatic carbocycles. The summed E-state index contributed by atoms with van der Waals surface area (Å²) in [4.78, 5) is 10.0. The van der Waals surface area contributed by atoms with E-state index in [1.165, 1.54) is 12.1 Å². The van der Waals surface area contributed by atoms with Crippen LogP contribution in [0, 0.1) is 10.1 Å². The van der Waals surface area contributed by atoms with E-state index in [0.29, 0.717) is 0 Å². The Balaban J connectivity index is 2.40. The SMILES string of the molecule is CCC(N)CCNc1ccc([N+](=O)[O-])cc1. The molecule has 0 spiro atoms. The van der Waals surface area contributed by atoms with E-state index in [9.17, 15) is 10.1 Å². The first kappa shape index (κ1) is 12.4. The fourth-order valence-electron chi connectivity index (χ4n) is 1.31. The van der Waals surface area contributed by atoms with E-state index in [1.54, 1.807) is 12.1 Å². The number of nitro benzene ring substituents is 1. The molecule has 88 valence electrons. The van der Waals surface area contributed by atoms with E-state index in [4.69, 9.17) is 5.73 Å². The molecule has 5 nitrogen and oxygen atoms in total. The predicted octanol–water partition coefficient (Wildman–Crippen LogP) is 2.13. The molecule has 0 aliphatic heterocycles. The second-order valence-corrected chi connectivity index (χ2v) is 3.69. The summed E-state index contributed by atoms with van der Waals surface area (Å²) in [7, 11) is 0. The van der Waals surface area contributed by atoms with Gasteiger partial charge < -0.3 is 11.1 Å². The summed E-state index contributed by atoms with van der Waals surface area (Å²) < 4.78 is 0. The molecule has 1 rings (SSSR count). The lowest BCUT2D eigenvalue weighted by Gasteiger charge is -2.10. The topological polar surface area (TPSA) is 81.2 Å². The largest absolute Gasteiger partial charge is 0.385 e. The Morgan fingerprint density at radius 1 is 1.44 bits per heavy atom. The molecule has 1 aromatic rings. The van der Waals surface area contributed by atoms with Crippen LogP contribution >= 0.6 is 0 Å². The van der Waals surface area contributed by atoms with Crippen molar-refractivity contribution < 1.29 is 4.92 Å². The summed E-state index contributed by atoms with van der Waals surface area (Å²) in [5.41, 5.74) is 6.76. The van der Waals surface area contributed by atoms with Crippen molar-refractivity contribution in [2.75, 3.05) is 11.9 Å². The minimum absolute atomic E-state index is 0.107. The molecule has 0 saturated carbocycles. The van der Waals surface area contributed by atoms with Crippen LogP contribution in [0.2, 0.25) is 0 Å². The van der Waals surface area contributed by atoms with Gasteiger partial charge in [0.15, 0.2) is 0 Å². The average molecular weight is 223 g/mol. The second-order valence-electron chi connectivity index (χ2n) is 3.69. The number of nitro groups is 1. The second kappa shape index (κ2) is 6.07. The first-order chi connectivity index (χ1) is 7.63. The van der Waals surface area contributed by atoms with E-state index < -0.39 is 4.92 Å². The summed E-state index contributed by atoms with van der Waals surface area (Å²) in [6.45, 7) is 2.84. The molecule has 1 unspecified atom stereocenters. The van der Waals surface area contributed by atoms with Gasteiger partial charge in [0.25, 0.3) is 5.69 Å². The van der Waals surface area contributed by atoms with Crippen LogP contribution in [-0.4, -0.2) is 17.5 Å². The number of nitrogens with zero attached hydrogens (tertiary/aromatic N) is 1. The first-order valence-electron chi connectivity index (χ1n) is 5.37. The van der Waals surface area contributed by atoms with Crippen LogP contribution in [0.5, 0.6) is 0 Å². The number of anilines is 1.